The number of hydrogen-bond acceptors (Lipinski definition) is 6. The maximum Gasteiger partial charge on any atom is 0.315 e. The van der Waals surface area contributed by atoms with Crippen molar-refractivity contribution in [3.05, 3.63) is 0 Å². The third-order valence-electron chi connectivity index (χ3n) is 5.89. The monoisotopic (exact) mass is 512 g/mol. The Bertz CT molecular complexity index is 787. The van der Waals surface area contributed by atoms with Crippen molar-refractivity contribution in [3.63, 3.8) is 0 Å². The number of rotatable bonds is 14. The third-order valence-corrected chi connectivity index (χ3v) is 7.40. The second kappa shape index (κ2) is 13.6. The fourth-order valence-corrected chi connectivity index (χ4v) is 5.69. The van der Waals surface area contributed by atoms with Crippen molar-refractivity contribution >= 4 is 41.4 Å². The Hall–Kier alpha value is -2.50. The molecule has 6 amide bonds. The van der Waals surface area contributed by atoms with E-state index in [4.69, 9.17) is 5.73 Å². The quantitative estimate of drug-likeness (QED) is 0.143. The van der Waals surface area contributed by atoms with Crippen LogP contribution in [-0.2, 0) is 19.2 Å². The van der Waals surface area contributed by atoms with E-state index in [2.05, 4.69) is 26.6 Å². The average Bonchev–Trinajstić information content (AvgIpc) is 3.29. The topological polar surface area (TPSA) is 172 Å². The third kappa shape index (κ3) is 10.7. The van der Waals surface area contributed by atoms with Gasteiger partial charge in [0.1, 0.15) is 6.04 Å². The summed E-state index contributed by atoms with van der Waals surface area (Å²) in [6.07, 6.45) is 4.10. The Labute approximate surface area is 211 Å². The standard InChI is InChI=1S/C23H40N6O5S/c1-23(2,3)11-18(31)26-12-19(32)27-14(21(24)33)7-6-10-25-17(30)9-5-4-8-16-20-15(13-35-16)28-22(34)29-20/h14-16,20H,4-13H2,1-3H3,(H2,24,33)(H,25,30)(H,26,31)(H,27,32)(H2,28,29,34). The minimum Gasteiger partial charge on any atom is -0.368 e. The van der Waals surface area contributed by atoms with Crippen LogP contribution in [0.25, 0.3) is 0 Å². The van der Waals surface area contributed by atoms with Crippen LogP contribution < -0.4 is 32.3 Å². The largest absolute Gasteiger partial charge is 0.368 e. The first-order valence-corrected chi connectivity index (χ1v) is 13.3. The zero-order valence-corrected chi connectivity index (χ0v) is 21.7. The Morgan fingerprint density at radius 3 is 2.49 bits per heavy atom. The van der Waals surface area contributed by atoms with Crippen LogP contribution in [0.1, 0.15) is 65.7 Å². The first-order chi connectivity index (χ1) is 16.4. The van der Waals surface area contributed by atoms with Crippen LogP contribution in [0.3, 0.4) is 0 Å². The molecule has 0 aromatic rings. The number of primary amides is 1. The number of carbonyl (C=O) groups is 5. The van der Waals surface area contributed by atoms with Crippen LogP contribution in [-0.4, -0.2) is 71.9 Å². The van der Waals surface area contributed by atoms with Crippen LogP contribution in [0.5, 0.6) is 0 Å². The van der Waals surface area contributed by atoms with E-state index < -0.39 is 17.9 Å². The molecule has 0 saturated carbocycles. The van der Waals surface area contributed by atoms with Gasteiger partial charge in [-0.05, 0) is 31.1 Å². The van der Waals surface area contributed by atoms with Crippen LogP contribution in [0.15, 0.2) is 0 Å². The van der Waals surface area contributed by atoms with Gasteiger partial charge in [0.05, 0.1) is 18.6 Å². The number of unbranched alkanes of at least 4 members (excludes halogenated alkanes) is 1. The van der Waals surface area contributed by atoms with E-state index in [-0.39, 0.29) is 48.3 Å². The number of nitrogens with one attached hydrogen (secondary N) is 5. The summed E-state index contributed by atoms with van der Waals surface area (Å²) in [6, 6.07) is -0.565. The molecule has 12 heteroatoms. The number of nitrogens with two attached hydrogens (primary N) is 1. The summed E-state index contributed by atoms with van der Waals surface area (Å²) < 4.78 is 0. The highest BCUT2D eigenvalue weighted by molar-refractivity contribution is 8.00. The van der Waals surface area contributed by atoms with Gasteiger partial charge in [0.15, 0.2) is 0 Å². The second-order valence-electron chi connectivity index (χ2n) is 10.4. The average molecular weight is 513 g/mol. The molecule has 2 heterocycles. The highest BCUT2D eigenvalue weighted by Gasteiger charge is 2.42. The molecule has 2 aliphatic rings. The molecule has 0 bridgehead atoms. The maximum absolute atomic E-state index is 12.1. The number of hydrogen-bond donors (Lipinski definition) is 6. The van der Waals surface area contributed by atoms with Crippen molar-refractivity contribution in [2.45, 2.75) is 89.1 Å². The predicted octanol–water partition coefficient (Wildman–Crippen LogP) is 0.131. The van der Waals surface area contributed by atoms with Gasteiger partial charge in [-0.15, -0.1) is 0 Å². The molecule has 0 spiro atoms. The summed E-state index contributed by atoms with van der Waals surface area (Å²) in [5.41, 5.74) is 5.19. The molecular formula is C23H40N6O5S. The van der Waals surface area contributed by atoms with Crippen molar-refractivity contribution in [1.29, 1.82) is 0 Å². The molecule has 2 fully saturated rings. The van der Waals surface area contributed by atoms with Crippen LogP contribution in [0.4, 0.5) is 4.79 Å². The van der Waals surface area contributed by atoms with E-state index in [9.17, 15) is 24.0 Å². The van der Waals surface area contributed by atoms with Crippen molar-refractivity contribution in [2.24, 2.45) is 11.1 Å². The van der Waals surface area contributed by atoms with E-state index in [1.807, 2.05) is 32.5 Å². The SMILES string of the molecule is CC(C)(C)CC(=O)NCC(=O)NC(CCCNC(=O)CCCCC1SCC2NC(=O)NC21)C(N)=O. The molecule has 2 aliphatic heterocycles. The zero-order valence-electron chi connectivity index (χ0n) is 20.9. The lowest BCUT2D eigenvalue weighted by Crippen LogP contribution is -2.48. The van der Waals surface area contributed by atoms with Gasteiger partial charge in [0, 0.05) is 30.4 Å². The second-order valence-corrected chi connectivity index (χ2v) is 11.7. The Balaban J connectivity index is 1.55. The summed E-state index contributed by atoms with van der Waals surface area (Å²) >= 11 is 1.86. The number of urea groups is 1. The van der Waals surface area contributed by atoms with Gasteiger partial charge in [-0.25, -0.2) is 4.79 Å². The van der Waals surface area contributed by atoms with Gasteiger partial charge in [-0.1, -0.05) is 27.2 Å². The highest BCUT2D eigenvalue weighted by Crippen LogP contribution is 2.33. The summed E-state index contributed by atoms with van der Waals surface area (Å²) in [5, 5.41) is 14.2. The van der Waals surface area contributed by atoms with E-state index in [0.29, 0.717) is 31.1 Å². The summed E-state index contributed by atoms with van der Waals surface area (Å²) in [7, 11) is 0. The smallest absolute Gasteiger partial charge is 0.315 e. The normalized spacial score (nSPS) is 21.9. The fraction of sp³-hybridized carbons (Fsp3) is 0.783. The molecule has 4 atom stereocenters. The van der Waals surface area contributed by atoms with Gasteiger partial charge in [0.2, 0.25) is 23.6 Å². The molecule has 35 heavy (non-hydrogen) atoms. The Morgan fingerprint density at radius 1 is 1.06 bits per heavy atom. The Kier molecular flexibility index (Phi) is 11.1. The van der Waals surface area contributed by atoms with Gasteiger partial charge >= 0.3 is 6.03 Å². The molecule has 7 N–H and O–H groups in total. The van der Waals surface area contributed by atoms with E-state index in [1.54, 1.807) is 0 Å². The molecule has 4 unspecified atom stereocenters. The van der Waals surface area contributed by atoms with E-state index in [1.165, 1.54) is 0 Å². The number of fused-ring (bicyclic) bond motifs is 1. The van der Waals surface area contributed by atoms with Gasteiger partial charge in [0.25, 0.3) is 0 Å². The van der Waals surface area contributed by atoms with Crippen LogP contribution >= 0.6 is 11.8 Å². The van der Waals surface area contributed by atoms with Crippen LogP contribution in [0, 0.1) is 5.41 Å². The van der Waals surface area contributed by atoms with Gasteiger partial charge in [-0.3, -0.25) is 19.2 Å². The first-order valence-electron chi connectivity index (χ1n) is 12.3. The van der Waals surface area contributed by atoms with Crippen molar-refractivity contribution in [1.82, 2.24) is 26.6 Å². The molecule has 0 aromatic carbocycles. The summed E-state index contributed by atoms with van der Waals surface area (Å²) in [6.45, 7) is 5.93. The lowest BCUT2D eigenvalue weighted by atomic mass is 9.92. The minimum atomic E-state index is -0.864. The minimum absolute atomic E-state index is 0.0565. The number of amides is 6. The molecule has 198 valence electrons. The number of carbonyl (C=O) groups excluding carboxylic acids is 5. The fourth-order valence-electron chi connectivity index (χ4n) is 4.15. The molecule has 0 aromatic heterocycles. The lowest BCUT2D eigenvalue weighted by molar-refractivity contribution is -0.129. The van der Waals surface area contributed by atoms with Crippen LogP contribution in [0.2, 0.25) is 0 Å². The van der Waals surface area contributed by atoms with Crippen molar-refractivity contribution in [3.8, 4) is 0 Å². The zero-order chi connectivity index (χ0) is 26.0. The highest BCUT2D eigenvalue weighted by atomic mass is 32.2. The number of thioether (sulfide) groups is 1. The molecule has 2 rings (SSSR count). The van der Waals surface area contributed by atoms with E-state index in [0.717, 1.165) is 25.0 Å². The predicted molar refractivity (Wildman–Crippen MR) is 134 cm³/mol. The first kappa shape index (κ1) is 28.7. The van der Waals surface area contributed by atoms with Crippen molar-refractivity contribution < 1.29 is 24.0 Å². The summed E-state index contributed by atoms with van der Waals surface area (Å²) in [5.74, 6) is -0.516. The van der Waals surface area contributed by atoms with E-state index >= 15 is 0 Å². The van der Waals surface area contributed by atoms with Gasteiger partial charge < -0.3 is 32.3 Å². The van der Waals surface area contributed by atoms with Crippen molar-refractivity contribution in [2.75, 3.05) is 18.8 Å². The summed E-state index contributed by atoms with van der Waals surface area (Å²) in [4.78, 5) is 59.1. The molecule has 11 nitrogen and oxygen atoms in total. The molecule has 0 aliphatic carbocycles. The molecule has 0 radical (unpaired) electrons. The maximum atomic E-state index is 12.1. The molecular weight excluding hydrogens is 472 g/mol. The molecule has 2 saturated heterocycles. The Morgan fingerprint density at radius 2 is 1.80 bits per heavy atom. The lowest BCUT2D eigenvalue weighted by Gasteiger charge is -2.18. The van der Waals surface area contributed by atoms with Gasteiger partial charge in [-0.2, -0.15) is 11.8 Å².